The van der Waals surface area contributed by atoms with Gasteiger partial charge in [0.2, 0.25) is 0 Å². The van der Waals surface area contributed by atoms with Crippen LogP contribution in [0.1, 0.15) is 96.0 Å². The van der Waals surface area contributed by atoms with E-state index < -0.39 is 17.4 Å². The molecule has 0 bridgehead atoms. The maximum absolute atomic E-state index is 3.38. The van der Waals surface area contributed by atoms with E-state index in [-0.39, 0.29) is 10.8 Å². The van der Waals surface area contributed by atoms with E-state index in [1.54, 1.807) is 22.3 Å². The first-order valence-electron chi connectivity index (χ1n) is 12.2. The van der Waals surface area contributed by atoms with E-state index in [2.05, 4.69) is 120 Å². The van der Waals surface area contributed by atoms with Gasteiger partial charge in [-0.15, -0.1) is 0 Å². The van der Waals surface area contributed by atoms with Crippen molar-refractivity contribution < 1.29 is 17.4 Å². The molecule has 0 nitrogen and oxygen atoms in total. The third kappa shape index (κ3) is 3.65. The summed E-state index contributed by atoms with van der Waals surface area (Å²) in [6.45, 7) is 21.4. The number of benzene rings is 2. The molecule has 32 heavy (non-hydrogen) atoms. The summed E-state index contributed by atoms with van der Waals surface area (Å²) in [4.78, 5) is 0. The third-order valence-corrected chi connectivity index (χ3v) is 26.0. The molecule has 0 saturated carbocycles. The minimum atomic E-state index is -3.38. The molecule has 0 radical (unpaired) electrons. The molecule has 2 heteroatoms. The minimum absolute atomic E-state index is 0.164. The summed E-state index contributed by atoms with van der Waals surface area (Å²) in [6, 6.07) is 14.2. The van der Waals surface area contributed by atoms with Gasteiger partial charge in [0.25, 0.3) is 0 Å². The average Bonchev–Trinajstić information content (AvgIpc) is 3.15. The van der Waals surface area contributed by atoms with Gasteiger partial charge in [0.15, 0.2) is 0 Å². The van der Waals surface area contributed by atoms with Crippen molar-refractivity contribution in [2.24, 2.45) is 0 Å². The predicted octanol–water partition coefficient (Wildman–Crippen LogP) is 8.23. The molecular weight excluding hydrogens is 480 g/mol. The quantitative estimate of drug-likeness (QED) is 0.349. The first-order chi connectivity index (χ1) is 14.5. The standard InChI is InChI=1S/2C14H17.2CH3.H2Si.Zr/c2*1-10-8-11-6-5-7-13(12(11)9-10)14(2,3)4;;;;/h2*5-9H,1-4H3;2*1H3;1H2;. The van der Waals surface area contributed by atoms with Crippen LogP contribution < -0.4 is 0 Å². The summed E-state index contributed by atoms with van der Waals surface area (Å²) in [5, 5.41) is 0. The van der Waals surface area contributed by atoms with E-state index in [9.17, 15) is 0 Å². The molecule has 170 valence electrons. The van der Waals surface area contributed by atoms with Crippen LogP contribution in [-0.2, 0) is 28.2 Å². The second kappa shape index (κ2) is 7.26. The molecule has 0 amide bonds. The zero-order chi connectivity index (χ0) is 23.9. The van der Waals surface area contributed by atoms with Crippen LogP contribution in [0.15, 0.2) is 47.5 Å². The van der Waals surface area contributed by atoms with E-state index >= 15 is 0 Å². The SMILES string of the molecule is CC1=Cc2c(cccc2C(C)(C)C)[CH]1[Zr]([CH3])([CH3])(=[SiH2])[CH]1C(C)=Cc2c1cccc2C(C)(C)C. The molecule has 0 aliphatic heterocycles. The molecule has 0 aromatic heterocycles. The van der Waals surface area contributed by atoms with E-state index in [1.807, 2.05) is 0 Å². The van der Waals surface area contributed by atoms with Gasteiger partial charge in [-0.1, -0.05) is 0 Å². The predicted molar refractivity (Wildman–Crippen MR) is 143 cm³/mol. The van der Waals surface area contributed by atoms with E-state index in [0.29, 0.717) is 7.25 Å². The van der Waals surface area contributed by atoms with Crippen molar-refractivity contribution >= 4 is 19.0 Å². The van der Waals surface area contributed by atoms with Gasteiger partial charge in [0, 0.05) is 0 Å². The van der Waals surface area contributed by atoms with Gasteiger partial charge in [0.1, 0.15) is 0 Å². The topological polar surface area (TPSA) is 0 Å². The molecule has 2 aliphatic carbocycles. The fourth-order valence-electron chi connectivity index (χ4n) is 7.10. The summed E-state index contributed by atoms with van der Waals surface area (Å²) in [7, 11) is 0. The van der Waals surface area contributed by atoms with Gasteiger partial charge in [-0.25, -0.2) is 0 Å². The van der Waals surface area contributed by atoms with Crippen LogP contribution in [0.25, 0.3) is 12.2 Å². The first-order valence-corrected chi connectivity index (χ1v) is 25.9. The zero-order valence-electron chi connectivity index (χ0n) is 22.0. The van der Waals surface area contributed by atoms with Crippen molar-refractivity contribution in [3.05, 3.63) is 80.9 Å². The Kier molecular flexibility index (Phi) is 5.48. The molecular formula is C30H42SiZr. The Labute approximate surface area is 199 Å². The average molecular weight is 522 g/mol. The van der Waals surface area contributed by atoms with Gasteiger partial charge in [-0.2, -0.15) is 0 Å². The second-order valence-corrected chi connectivity index (χ2v) is 44.2. The van der Waals surface area contributed by atoms with Crippen LogP contribution in [0.2, 0.25) is 9.26 Å². The van der Waals surface area contributed by atoms with E-state index in [0.717, 1.165) is 0 Å². The van der Waals surface area contributed by atoms with Gasteiger partial charge in [0.05, 0.1) is 0 Å². The van der Waals surface area contributed by atoms with Crippen LogP contribution in [0, 0.1) is 0 Å². The van der Waals surface area contributed by atoms with Crippen molar-refractivity contribution in [1.29, 1.82) is 0 Å². The van der Waals surface area contributed by atoms with Crippen LogP contribution >= 0.6 is 0 Å². The van der Waals surface area contributed by atoms with Gasteiger partial charge < -0.3 is 0 Å². The van der Waals surface area contributed by atoms with Crippen molar-refractivity contribution in [1.82, 2.24) is 0 Å². The van der Waals surface area contributed by atoms with Crippen molar-refractivity contribution in [3.8, 4) is 0 Å². The van der Waals surface area contributed by atoms with Crippen molar-refractivity contribution in [3.63, 3.8) is 0 Å². The number of allylic oxidation sites excluding steroid dienone is 2. The molecule has 2 aliphatic rings. The normalized spacial score (nSPS) is 21.2. The van der Waals surface area contributed by atoms with Gasteiger partial charge in [-0.3, -0.25) is 0 Å². The molecule has 2 aromatic carbocycles. The number of hydrogen-bond acceptors (Lipinski definition) is 0. The molecule has 0 fully saturated rings. The van der Waals surface area contributed by atoms with Gasteiger partial charge >= 0.3 is 200 Å². The zero-order valence-corrected chi connectivity index (χ0v) is 25.9. The monoisotopic (exact) mass is 520 g/mol. The fraction of sp³-hybridized carbons (Fsp3) is 0.467. The van der Waals surface area contributed by atoms with Crippen molar-refractivity contribution in [2.45, 2.75) is 82.7 Å². The fourth-order valence-corrected chi connectivity index (χ4v) is 28.3. The van der Waals surface area contributed by atoms with E-state index in [1.165, 1.54) is 22.3 Å². The summed E-state index contributed by atoms with van der Waals surface area (Å²) in [6.07, 6.45) is 5.07. The Morgan fingerprint density at radius 1 is 0.656 bits per heavy atom. The molecule has 0 saturated heterocycles. The summed E-state index contributed by atoms with van der Waals surface area (Å²) < 4.78 is 6.68. The number of fused-ring (bicyclic) bond motifs is 2. The van der Waals surface area contributed by atoms with Gasteiger partial charge in [-0.05, 0) is 0 Å². The van der Waals surface area contributed by atoms with Crippen LogP contribution in [-0.4, -0.2) is 6.88 Å². The molecule has 4 rings (SSSR count). The Morgan fingerprint density at radius 3 is 1.31 bits per heavy atom. The summed E-state index contributed by atoms with van der Waals surface area (Å²) in [5.74, 6) is 0. The Morgan fingerprint density at radius 2 is 1.00 bits per heavy atom. The first kappa shape index (κ1) is 24.2. The Hall–Kier alpha value is -0.980. The Balaban J connectivity index is 1.93. The number of rotatable bonds is 2. The van der Waals surface area contributed by atoms with Crippen molar-refractivity contribution in [2.75, 3.05) is 0 Å². The van der Waals surface area contributed by atoms with Crippen LogP contribution in [0.3, 0.4) is 0 Å². The molecule has 0 spiro atoms. The third-order valence-electron chi connectivity index (χ3n) is 8.07. The molecule has 0 N–H and O–H groups in total. The summed E-state index contributed by atoms with van der Waals surface area (Å²) in [5.41, 5.74) is 12.8. The number of hydrogen-bond donors (Lipinski definition) is 0. The van der Waals surface area contributed by atoms with Crippen LogP contribution in [0.5, 0.6) is 0 Å². The maximum atomic E-state index is 2.74. The molecule has 2 atom stereocenters. The Bertz CT molecular complexity index is 1140. The van der Waals surface area contributed by atoms with E-state index in [4.69, 9.17) is 0 Å². The molecule has 2 unspecified atom stereocenters. The molecule has 2 aromatic rings. The summed E-state index contributed by atoms with van der Waals surface area (Å²) >= 11 is -3.38. The van der Waals surface area contributed by atoms with Crippen LogP contribution in [0.4, 0.5) is 0 Å². The second-order valence-electron chi connectivity index (χ2n) is 13.7. The molecule has 0 heterocycles.